The second kappa shape index (κ2) is 8.49. The lowest BCUT2D eigenvalue weighted by Gasteiger charge is -2.39. The maximum absolute atomic E-state index is 6.59. The molecule has 2 aromatic heterocycles. The Morgan fingerprint density at radius 2 is 1.75 bits per heavy atom. The highest BCUT2D eigenvalue weighted by Gasteiger charge is 2.46. The fourth-order valence-corrected chi connectivity index (χ4v) is 6.33. The number of imidazole rings is 1. The number of pyridine rings is 1. The van der Waals surface area contributed by atoms with Gasteiger partial charge in [-0.2, -0.15) is 0 Å². The summed E-state index contributed by atoms with van der Waals surface area (Å²) >= 11 is 0. The minimum atomic E-state index is 0.0945. The normalized spacial score (nSPS) is 29.3. The Morgan fingerprint density at radius 3 is 2.56 bits per heavy atom. The second-order valence-electron chi connectivity index (χ2n) is 9.70. The van der Waals surface area contributed by atoms with Crippen molar-refractivity contribution in [2.45, 2.75) is 50.8 Å². The molecule has 3 aliphatic rings. The average molecular weight is 433 g/mol. The molecule has 1 aromatic carbocycles. The summed E-state index contributed by atoms with van der Waals surface area (Å²) in [7, 11) is 0. The van der Waals surface area contributed by atoms with Gasteiger partial charge in [-0.05, 0) is 62.6 Å². The van der Waals surface area contributed by atoms with E-state index in [1.165, 1.54) is 31.4 Å². The van der Waals surface area contributed by atoms with Crippen molar-refractivity contribution in [1.29, 1.82) is 0 Å². The third-order valence-corrected chi connectivity index (χ3v) is 7.83. The molecule has 2 saturated heterocycles. The molecule has 2 aliphatic heterocycles. The minimum Gasteiger partial charge on any atom is -0.472 e. The number of hydrogen-bond acceptors (Lipinski definition) is 5. The minimum absolute atomic E-state index is 0.0945. The van der Waals surface area contributed by atoms with Gasteiger partial charge in [0.25, 0.3) is 0 Å². The first kappa shape index (κ1) is 20.2. The third-order valence-electron chi connectivity index (χ3n) is 7.83. The first-order chi connectivity index (χ1) is 15.8. The van der Waals surface area contributed by atoms with Crippen molar-refractivity contribution in [1.82, 2.24) is 19.4 Å². The lowest BCUT2D eigenvalue weighted by molar-refractivity contribution is 0.0401. The zero-order valence-corrected chi connectivity index (χ0v) is 18.8. The predicted molar refractivity (Wildman–Crippen MR) is 124 cm³/mol. The van der Waals surface area contributed by atoms with Gasteiger partial charge >= 0.3 is 0 Å². The number of aryl methyl sites for hydroxylation is 1. The maximum Gasteiger partial charge on any atom is 0.213 e. The number of ether oxygens (including phenoxy) is 2. The highest BCUT2D eigenvalue weighted by atomic mass is 16.5. The van der Waals surface area contributed by atoms with E-state index in [2.05, 4.69) is 45.6 Å². The van der Waals surface area contributed by atoms with Gasteiger partial charge in [-0.3, -0.25) is 4.90 Å². The van der Waals surface area contributed by atoms with Crippen LogP contribution >= 0.6 is 0 Å². The highest BCUT2D eigenvalue weighted by molar-refractivity contribution is 5.76. The van der Waals surface area contributed by atoms with Crippen molar-refractivity contribution in [3.05, 3.63) is 54.5 Å². The summed E-state index contributed by atoms with van der Waals surface area (Å²) in [6.07, 6.45) is 6.44. The van der Waals surface area contributed by atoms with Crippen molar-refractivity contribution in [2.24, 2.45) is 11.8 Å². The van der Waals surface area contributed by atoms with Crippen LogP contribution in [-0.2, 0) is 4.74 Å². The smallest absolute Gasteiger partial charge is 0.213 e. The predicted octanol–water partition coefficient (Wildman–Crippen LogP) is 4.25. The monoisotopic (exact) mass is 432 g/mol. The number of hydrogen-bond donors (Lipinski definition) is 0. The molecule has 1 aliphatic carbocycles. The van der Waals surface area contributed by atoms with Crippen molar-refractivity contribution < 1.29 is 9.47 Å². The molecule has 168 valence electrons. The van der Waals surface area contributed by atoms with Gasteiger partial charge in [0.05, 0.1) is 17.1 Å². The van der Waals surface area contributed by atoms with Crippen LogP contribution in [0.2, 0.25) is 0 Å². The van der Waals surface area contributed by atoms with Crippen LogP contribution in [0.15, 0.2) is 48.7 Å². The van der Waals surface area contributed by atoms with Crippen LogP contribution in [0.4, 0.5) is 0 Å². The lowest BCUT2D eigenvalue weighted by Crippen LogP contribution is -2.40. The molecule has 0 amide bonds. The standard InChI is InChI=1S/C26H32N4O2/c1-18-28-22-6-2-3-7-23(22)30(18)24-14-19-16-29(21-9-12-31-13-10-21)17-20(19)15-25(24)32-26-8-4-5-11-27-26/h2-8,11,19-21,24-25H,9-10,12-17H2,1H3/t19-,20+,24-,25-/m0/s1. The van der Waals surface area contributed by atoms with Crippen LogP contribution in [0.3, 0.4) is 0 Å². The van der Waals surface area contributed by atoms with Gasteiger partial charge in [0.2, 0.25) is 5.88 Å². The van der Waals surface area contributed by atoms with Crippen LogP contribution in [0.25, 0.3) is 11.0 Å². The van der Waals surface area contributed by atoms with Crippen LogP contribution in [0, 0.1) is 18.8 Å². The van der Waals surface area contributed by atoms with Crippen molar-refractivity contribution in [3.63, 3.8) is 0 Å². The van der Waals surface area contributed by atoms with E-state index < -0.39 is 0 Å². The molecule has 0 unspecified atom stereocenters. The van der Waals surface area contributed by atoms with Gasteiger partial charge < -0.3 is 14.0 Å². The van der Waals surface area contributed by atoms with Gasteiger partial charge in [0, 0.05) is 44.6 Å². The molecule has 0 spiro atoms. The molecule has 32 heavy (non-hydrogen) atoms. The van der Waals surface area contributed by atoms with Crippen LogP contribution < -0.4 is 4.74 Å². The fourth-order valence-electron chi connectivity index (χ4n) is 6.33. The van der Waals surface area contributed by atoms with Crippen molar-refractivity contribution in [3.8, 4) is 5.88 Å². The maximum atomic E-state index is 6.59. The number of fused-ring (bicyclic) bond motifs is 2. The first-order valence-corrected chi connectivity index (χ1v) is 12.1. The van der Waals surface area contributed by atoms with E-state index >= 15 is 0 Å². The Labute approximate surface area is 189 Å². The fraction of sp³-hybridized carbons (Fsp3) is 0.538. The average Bonchev–Trinajstić information content (AvgIpc) is 3.39. The van der Waals surface area contributed by atoms with Crippen LogP contribution in [0.5, 0.6) is 5.88 Å². The number of para-hydroxylation sites is 2. The molecule has 6 nitrogen and oxygen atoms in total. The Bertz CT molecular complexity index is 1060. The molecule has 6 rings (SSSR count). The number of aromatic nitrogens is 3. The molecule has 0 radical (unpaired) electrons. The number of nitrogens with zero attached hydrogens (tertiary/aromatic N) is 4. The van der Waals surface area contributed by atoms with Gasteiger partial charge in [0.15, 0.2) is 0 Å². The summed E-state index contributed by atoms with van der Waals surface area (Å²) in [6.45, 7) is 6.34. The SMILES string of the molecule is Cc1nc2ccccc2n1[C@H]1C[C@H]2CN(C3CCOCC3)C[C@H]2C[C@@H]1Oc1ccccn1. The molecular weight excluding hydrogens is 400 g/mol. The first-order valence-electron chi connectivity index (χ1n) is 12.1. The molecule has 3 aromatic rings. The van der Waals surface area contributed by atoms with Crippen molar-refractivity contribution >= 4 is 11.0 Å². The number of benzene rings is 1. The molecular formula is C26H32N4O2. The molecule has 3 fully saturated rings. The molecule has 6 heteroatoms. The zero-order valence-electron chi connectivity index (χ0n) is 18.8. The van der Waals surface area contributed by atoms with E-state index in [-0.39, 0.29) is 12.1 Å². The molecule has 4 atom stereocenters. The molecule has 0 bridgehead atoms. The Hall–Kier alpha value is -2.44. The quantitative estimate of drug-likeness (QED) is 0.617. The lowest BCUT2D eigenvalue weighted by atomic mass is 9.77. The van der Waals surface area contributed by atoms with Gasteiger partial charge in [-0.15, -0.1) is 0 Å². The van der Waals surface area contributed by atoms with E-state index in [0.717, 1.165) is 43.3 Å². The zero-order chi connectivity index (χ0) is 21.5. The van der Waals surface area contributed by atoms with Gasteiger partial charge in [-0.1, -0.05) is 18.2 Å². The Morgan fingerprint density at radius 1 is 0.969 bits per heavy atom. The van der Waals surface area contributed by atoms with Gasteiger partial charge in [0.1, 0.15) is 11.9 Å². The summed E-state index contributed by atoms with van der Waals surface area (Å²) in [6, 6.07) is 15.4. The van der Waals surface area contributed by atoms with Crippen molar-refractivity contribution in [2.75, 3.05) is 26.3 Å². The summed E-state index contributed by atoms with van der Waals surface area (Å²) in [5, 5.41) is 0. The number of rotatable bonds is 4. The molecule has 4 heterocycles. The second-order valence-corrected chi connectivity index (χ2v) is 9.70. The summed E-state index contributed by atoms with van der Waals surface area (Å²) < 4.78 is 14.6. The Kier molecular flexibility index (Phi) is 5.35. The van der Waals surface area contributed by atoms with Gasteiger partial charge in [-0.25, -0.2) is 9.97 Å². The Balaban J connectivity index is 1.32. The van der Waals surface area contributed by atoms with E-state index in [1.807, 2.05) is 24.4 Å². The van der Waals surface area contributed by atoms with E-state index in [1.54, 1.807) is 0 Å². The summed E-state index contributed by atoms with van der Waals surface area (Å²) in [5.74, 6) is 3.18. The molecule has 1 saturated carbocycles. The van der Waals surface area contributed by atoms with Crippen LogP contribution in [0.1, 0.15) is 37.5 Å². The third kappa shape index (κ3) is 3.69. The van der Waals surface area contributed by atoms with Crippen LogP contribution in [-0.4, -0.2) is 57.9 Å². The largest absolute Gasteiger partial charge is 0.472 e. The number of likely N-dealkylation sites (tertiary alicyclic amines) is 1. The highest BCUT2D eigenvalue weighted by Crippen LogP contribution is 2.45. The summed E-state index contributed by atoms with van der Waals surface area (Å²) in [5.41, 5.74) is 2.28. The van der Waals surface area contributed by atoms with E-state index in [0.29, 0.717) is 17.9 Å². The van der Waals surface area contributed by atoms with E-state index in [9.17, 15) is 0 Å². The molecule has 0 N–H and O–H groups in total. The van der Waals surface area contributed by atoms with E-state index in [4.69, 9.17) is 14.5 Å². The summed E-state index contributed by atoms with van der Waals surface area (Å²) in [4.78, 5) is 12.1. The topological polar surface area (TPSA) is 52.4 Å².